The Labute approximate surface area is 68.6 Å². The van der Waals surface area contributed by atoms with Crippen molar-refractivity contribution in [1.82, 2.24) is 0 Å². The third-order valence-electron chi connectivity index (χ3n) is 0. The van der Waals surface area contributed by atoms with Crippen LogP contribution in [-0.4, -0.2) is 25.6 Å². The zero-order valence-electron chi connectivity index (χ0n) is 8.10. The molecule has 0 amide bonds. The molecule has 0 aromatic rings. The van der Waals surface area contributed by atoms with Gasteiger partial charge in [0.25, 0.3) is 0 Å². The third-order valence-corrected chi connectivity index (χ3v) is 0. The molecule has 0 unspecified atom stereocenters. The van der Waals surface area contributed by atoms with Gasteiger partial charge in [-0.2, -0.15) is 0 Å². The Morgan fingerprint density at radius 3 is 1.00 bits per heavy atom. The fourth-order valence-corrected chi connectivity index (χ4v) is 0. The highest BCUT2D eigenvalue weighted by Crippen LogP contribution is 1.81. The van der Waals surface area contributed by atoms with Crippen molar-refractivity contribution in [3.63, 3.8) is 0 Å². The summed E-state index contributed by atoms with van der Waals surface area (Å²) in [6.45, 7) is 8.50. The maximum Gasteiger partial charge on any atom is 0.106 e. The Balaban J connectivity index is -0.0000000787. The standard InChI is InChI=1S/C4H10.C3H9S.CH2O/c2*1-4(2)3;1-2/h4H,1-3H3;1-3H3;1H2/q;+1;. The molecule has 0 rings (SSSR count). The maximum absolute atomic E-state index is 8.00. The van der Waals surface area contributed by atoms with E-state index in [-0.39, 0.29) is 0 Å². The van der Waals surface area contributed by atoms with Gasteiger partial charge >= 0.3 is 0 Å². The fourth-order valence-electron chi connectivity index (χ4n) is 0. The monoisotopic (exact) mass is 165 g/mol. The predicted octanol–water partition coefficient (Wildman–Crippen LogP) is 1.97. The number of carbonyl (C=O) groups is 1. The first kappa shape index (κ1) is 16.5. The van der Waals surface area contributed by atoms with Gasteiger partial charge in [-0.05, 0) is 16.8 Å². The minimum absolute atomic E-state index is 0.639. The van der Waals surface area contributed by atoms with Crippen molar-refractivity contribution in [1.29, 1.82) is 0 Å². The summed E-state index contributed by atoms with van der Waals surface area (Å²) in [4.78, 5) is 8.00. The van der Waals surface area contributed by atoms with E-state index < -0.39 is 0 Å². The third kappa shape index (κ3) is 988000. The average Bonchev–Trinajstić information content (AvgIpc) is 1.66. The highest BCUT2D eigenvalue weighted by molar-refractivity contribution is 7.94. The van der Waals surface area contributed by atoms with Gasteiger partial charge < -0.3 is 4.79 Å². The van der Waals surface area contributed by atoms with Gasteiger partial charge in [-0.25, -0.2) is 0 Å². The van der Waals surface area contributed by atoms with Crippen molar-refractivity contribution < 1.29 is 4.79 Å². The van der Waals surface area contributed by atoms with Crippen LogP contribution in [-0.2, 0) is 15.7 Å². The second kappa shape index (κ2) is 16.0. The lowest BCUT2D eigenvalue weighted by Crippen LogP contribution is -1.84. The molecule has 0 aliphatic rings. The summed E-state index contributed by atoms with van der Waals surface area (Å²) in [5.74, 6) is 0.833. The van der Waals surface area contributed by atoms with Crippen LogP contribution in [0.25, 0.3) is 0 Å². The highest BCUT2D eigenvalue weighted by atomic mass is 32.2. The van der Waals surface area contributed by atoms with Crippen LogP contribution in [0.2, 0.25) is 0 Å². The molecule has 1 nitrogen and oxygen atoms in total. The zero-order valence-corrected chi connectivity index (χ0v) is 8.92. The average molecular weight is 165 g/mol. The predicted molar refractivity (Wildman–Crippen MR) is 52.8 cm³/mol. The zero-order chi connectivity index (χ0) is 9.15. The minimum atomic E-state index is 0.639. The Kier molecular flexibility index (Phi) is 26.5. The van der Waals surface area contributed by atoms with Crippen LogP contribution in [0.5, 0.6) is 0 Å². The smallest absolute Gasteiger partial charge is 0.106 e. The topological polar surface area (TPSA) is 17.1 Å². The van der Waals surface area contributed by atoms with Crippen LogP contribution in [0.1, 0.15) is 20.8 Å². The summed E-state index contributed by atoms with van der Waals surface area (Å²) < 4.78 is 0. The van der Waals surface area contributed by atoms with Gasteiger partial charge in [0.05, 0.1) is 18.8 Å². The first-order valence-corrected chi connectivity index (χ1v) is 5.69. The first-order chi connectivity index (χ1) is 4.46. The summed E-state index contributed by atoms with van der Waals surface area (Å²) in [5.41, 5.74) is 0. The van der Waals surface area contributed by atoms with Gasteiger partial charge in [0.2, 0.25) is 0 Å². The Hall–Kier alpha value is 0.0200. The second-order valence-corrected chi connectivity index (χ2v) is 5.41. The van der Waals surface area contributed by atoms with E-state index in [1.807, 2.05) is 6.79 Å². The molecule has 0 radical (unpaired) electrons. The molecular weight excluding hydrogens is 144 g/mol. The van der Waals surface area contributed by atoms with E-state index in [0.29, 0.717) is 10.9 Å². The molecule has 0 saturated carbocycles. The van der Waals surface area contributed by atoms with Gasteiger partial charge in [0.1, 0.15) is 6.79 Å². The van der Waals surface area contributed by atoms with Crippen molar-refractivity contribution in [2.45, 2.75) is 20.8 Å². The molecule has 0 aromatic heterocycles. The molecule has 0 aliphatic heterocycles. The van der Waals surface area contributed by atoms with E-state index in [1.165, 1.54) is 0 Å². The molecule has 64 valence electrons. The maximum atomic E-state index is 8.00. The molecule has 2 heteroatoms. The van der Waals surface area contributed by atoms with Crippen molar-refractivity contribution in [2.75, 3.05) is 18.8 Å². The van der Waals surface area contributed by atoms with E-state index in [9.17, 15) is 0 Å². The number of carbonyl (C=O) groups excluding carboxylic acids is 1. The Morgan fingerprint density at radius 1 is 1.00 bits per heavy atom. The number of rotatable bonds is 0. The van der Waals surface area contributed by atoms with E-state index in [2.05, 4.69) is 39.5 Å². The lowest BCUT2D eigenvalue weighted by atomic mass is 10.3. The fraction of sp³-hybridized carbons (Fsp3) is 0.875. The molecule has 0 saturated heterocycles. The van der Waals surface area contributed by atoms with E-state index >= 15 is 0 Å². The van der Waals surface area contributed by atoms with Crippen LogP contribution in [0.15, 0.2) is 0 Å². The van der Waals surface area contributed by atoms with Crippen LogP contribution in [0.3, 0.4) is 0 Å². The summed E-state index contributed by atoms with van der Waals surface area (Å²) in [6.07, 6.45) is 6.58. The van der Waals surface area contributed by atoms with E-state index in [1.54, 1.807) is 0 Å². The van der Waals surface area contributed by atoms with Crippen LogP contribution >= 0.6 is 0 Å². The van der Waals surface area contributed by atoms with Gasteiger partial charge in [0.15, 0.2) is 0 Å². The van der Waals surface area contributed by atoms with Crippen molar-refractivity contribution in [3.8, 4) is 0 Å². The molecule has 0 N–H and O–H groups in total. The minimum Gasteiger partial charge on any atom is -0.307 e. The molecule has 0 bridgehead atoms. The van der Waals surface area contributed by atoms with E-state index in [0.717, 1.165) is 5.92 Å². The second-order valence-electron chi connectivity index (χ2n) is 2.96. The van der Waals surface area contributed by atoms with Crippen LogP contribution in [0, 0.1) is 5.92 Å². The van der Waals surface area contributed by atoms with Crippen molar-refractivity contribution in [3.05, 3.63) is 0 Å². The lowest BCUT2D eigenvalue weighted by molar-refractivity contribution is -0.0979. The summed E-state index contributed by atoms with van der Waals surface area (Å²) in [7, 11) is 0.639. The number of hydrogen-bond acceptors (Lipinski definition) is 1. The quantitative estimate of drug-likeness (QED) is 0.502. The van der Waals surface area contributed by atoms with Crippen LogP contribution < -0.4 is 0 Å². The summed E-state index contributed by atoms with van der Waals surface area (Å²) >= 11 is 0. The lowest BCUT2D eigenvalue weighted by Gasteiger charge is -1.79. The van der Waals surface area contributed by atoms with Gasteiger partial charge in [-0.1, -0.05) is 20.8 Å². The molecule has 0 aliphatic carbocycles. The summed E-state index contributed by atoms with van der Waals surface area (Å²) in [6, 6.07) is 0. The SMILES string of the molecule is C=O.CC(C)C.C[S+](C)C. The molecule has 0 heterocycles. The Bertz CT molecular complexity index is 33.0. The van der Waals surface area contributed by atoms with Gasteiger partial charge in [0, 0.05) is 0 Å². The van der Waals surface area contributed by atoms with Crippen molar-refractivity contribution in [2.24, 2.45) is 5.92 Å². The number of hydrogen-bond donors (Lipinski definition) is 0. The molecule has 0 atom stereocenters. The molecular formula is C8H21OS+. The molecule has 10 heavy (non-hydrogen) atoms. The van der Waals surface area contributed by atoms with E-state index in [4.69, 9.17) is 4.79 Å². The Morgan fingerprint density at radius 2 is 1.00 bits per heavy atom. The first-order valence-electron chi connectivity index (χ1n) is 3.25. The summed E-state index contributed by atoms with van der Waals surface area (Å²) in [5, 5.41) is 0. The largest absolute Gasteiger partial charge is 0.307 e. The van der Waals surface area contributed by atoms with Gasteiger partial charge in [-0.3, -0.25) is 0 Å². The highest BCUT2D eigenvalue weighted by Gasteiger charge is 1.77. The van der Waals surface area contributed by atoms with Crippen molar-refractivity contribution >= 4 is 17.7 Å². The van der Waals surface area contributed by atoms with Crippen LogP contribution in [0.4, 0.5) is 0 Å². The van der Waals surface area contributed by atoms with Gasteiger partial charge in [-0.15, -0.1) is 0 Å². The molecule has 0 aromatic carbocycles. The molecule has 0 spiro atoms. The molecule has 0 fully saturated rings. The normalized spacial score (nSPS) is 7.60.